The van der Waals surface area contributed by atoms with E-state index in [1.165, 1.54) is 35.5 Å². The molecule has 0 unspecified atom stereocenters. The normalized spacial score (nSPS) is 14.8. The van der Waals surface area contributed by atoms with E-state index >= 15 is 0 Å². The maximum Gasteiger partial charge on any atom is 0.279 e. The standard InChI is InChI=1S/C19H22N6O3S/c1-28-14-9-7-12(8-10-14)16-17(27)21-18-22-23-19(25(18)24-16)29-11-15(26)20-13-5-3-2-4-6-13/h7-10,13H,2-6,11H2,1H3,(H,20,26)(H,21,22,27). The van der Waals surface area contributed by atoms with E-state index < -0.39 is 0 Å². The molecule has 9 nitrogen and oxygen atoms in total. The van der Waals surface area contributed by atoms with E-state index in [9.17, 15) is 9.59 Å². The van der Waals surface area contributed by atoms with Crippen LogP contribution in [0.2, 0.25) is 0 Å². The lowest BCUT2D eigenvalue weighted by atomic mass is 9.95. The SMILES string of the molecule is COc1ccc(-c2nn3c(SCC(=O)NC4CCCCC4)nnc3[nH]c2=O)cc1. The number of rotatable bonds is 6. The second kappa shape index (κ2) is 8.64. The van der Waals surface area contributed by atoms with Gasteiger partial charge in [0, 0.05) is 11.6 Å². The predicted molar refractivity (Wildman–Crippen MR) is 109 cm³/mol. The Kier molecular flexibility index (Phi) is 5.79. The number of hydrogen-bond acceptors (Lipinski definition) is 7. The number of methoxy groups -OCH3 is 1. The van der Waals surface area contributed by atoms with Gasteiger partial charge >= 0.3 is 0 Å². The number of aromatic amines is 1. The van der Waals surface area contributed by atoms with Gasteiger partial charge in [-0.15, -0.1) is 10.2 Å². The van der Waals surface area contributed by atoms with Crippen molar-refractivity contribution < 1.29 is 9.53 Å². The van der Waals surface area contributed by atoms with Gasteiger partial charge in [-0.05, 0) is 37.1 Å². The minimum absolute atomic E-state index is 0.0292. The highest BCUT2D eigenvalue weighted by atomic mass is 32.2. The number of benzene rings is 1. The molecule has 0 aliphatic heterocycles. The fourth-order valence-electron chi connectivity index (χ4n) is 3.41. The molecule has 152 valence electrons. The van der Waals surface area contributed by atoms with Crippen LogP contribution in [-0.4, -0.2) is 49.6 Å². The van der Waals surface area contributed by atoms with E-state index in [1.807, 2.05) is 0 Å². The summed E-state index contributed by atoms with van der Waals surface area (Å²) in [6.07, 6.45) is 5.65. The Hall–Kier alpha value is -2.88. The lowest BCUT2D eigenvalue weighted by Gasteiger charge is -2.22. The summed E-state index contributed by atoms with van der Waals surface area (Å²) in [6.45, 7) is 0. The van der Waals surface area contributed by atoms with Crippen molar-refractivity contribution in [2.75, 3.05) is 12.9 Å². The molecule has 0 bridgehead atoms. The number of nitrogens with zero attached hydrogens (tertiary/aromatic N) is 4. The maximum absolute atomic E-state index is 12.4. The number of nitrogens with one attached hydrogen (secondary N) is 2. The Balaban J connectivity index is 1.51. The molecule has 2 N–H and O–H groups in total. The van der Waals surface area contributed by atoms with Crippen LogP contribution in [0, 0.1) is 0 Å². The molecule has 10 heteroatoms. The molecule has 1 aliphatic carbocycles. The van der Waals surface area contributed by atoms with Gasteiger partial charge in [0.2, 0.25) is 11.1 Å². The van der Waals surface area contributed by atoms with Gasteiger partial charge in [0.1, 0.15) is 5.75 Å². The smallest absolute Gasteiger partial charge is 0.279 e. The zero-order valence-electron chi connectivity index (χ0n) is 16.1. The summed E-state index contributed by atoms with van der Waals surface area (Å²) < 4.78 is 6.61. The average Bonchev–Trinajstić information content (AvgIpc) is 3.14. The summed E-state index contributed by atoms with van der Waals surface area (Å²) in [4.78, 5) is 27.3. The Labute approximate surface area is 171 Å². The van der Waals surface area contributed by atoms with E-state index in [2.05, 4.69) is 25.6 Å². The van der Waals surface area contributed by atoms with Crippen LogP contribution in [0.15, 0.2) is 34.2 Å². The highest BCUT2D eigenvalue weighted by Crippen LogP contribution is 2.21. The Morgan fingerprint density at radius 1 is 1.24 bits per heavy atom. The molecule has 3 aromatic rings. The van der Waals surface area contributed by atoms with E-state index in [0.717, 1.165) is 12.8 Å². The molecule has 29 heavy (non-hydrogen) atoms. The molecule has 2 aromatic heterocycles. The fourth-order valence-corrected chi connectivity index (χ4v) is 4.11. The van der Waals surface area contributed by atoms with Crippen LogP contribution in [0.5, 0.6) is 5.75 Å². The van der Waals surface area contributed by atoms with Gasteiger partial charge in [0.25, 0.3) is 11.3 Å². The van der Waals surface area contributed by atoms with Crippen LogP contribution in [0.4, 0.5) is 0 Å². The van der Waals surface area contributed by atoms with Gasteiger partial charge in [-0.3, -0.25) is 14.6 Å². The Morgan fingerprint density at radius 2 is 2.00 bits per heavy atom. The zero-order valence-corrected chi connectivity index (χ0v) is 16.9. The van der Waals surface area contributed by atoms with Crippen LogP contribution in [-0.2, 0) is 4.79 Å². The molecule has 1 aromatic carbocycles. The fraction of sp³-hybridized carbons (Fsp3) is 0.421. The second-order valence-electron chi connectivity index (χ2n) is 6.94. The van der Waals surface area contributed by atoms with Crippen LogP contribution in [0.25, 0.3) is 17.0 Å². The maximum atomic E-state index is 12.4. The predicted octanol–water partition coefficient (Wildman–Crippen LogP) is 2.03. The van der Waals surface area contributed by atoms with Crippen molar-refractivity contribution >= 4 is 23.4 Å². The number of carbonyl (C=O) groups excluding carboxylic acids is 1. The summed E-state index contributed by atoms with van der Waals surface area (Å²) in [5.74, 6) is 1.12. The molecule has 0 spiro atoms. The third kappa shape index (κ3) is 4.42. The monoisotopic (exact) mass is 414 g/mol. The minimum Gasteiger partial charge on any atom is -0.497 e. The Bertz CT molecular complexity index is 1060. The summed E-state index contributed by atoms with van der Waals surface area (Å²) in [5, 5.41) is 16.0. The minimum atomic E-state index is -0.360. The zero-order chi connectivity index (χ0) is 20.2. The number of hydrogen-bond donors (Lipinski definition) is 2. The van der Waals surface area contributed by atoms with Crippen molar-refractivity contribution in [1.29, 1.82) is 0 Å². The van der Waals surface area contributed by atoms with E-state index in [1.54, 1.807) is 31.4 Å². The second-order valence-corrected chi connectivity index (χ2v) is 7.88. The number of thioether (sulfide) groups is 1. The van der Waals surface area contributed by atoms with Gasteiger partial charge in [0.05, 0.1) is 12.9 Å². The summed E-state index contributed by atoms with van der Waals surface area (Å²) in [7, 11) is 1.58. The molecule has 0 radical (unpaired) electrons. The number of carbonyl (C=O) groups is 1. The topological polar surface area (TPSA) is 114 Å². The quantitative estimate of drug-likeness (QED) is 0.593. The Morgan fingerprint density at radius 3 is 2.72 bits per heavy atom. The van der Waals surface area contributed by atoms with Crippen molar-refractivity contribution in [2.45, 2.75) is 43.3 Å². The van der Waals surface area contributed by atoms with Crippen molar-refractivity contribution in [3.63, 3.8) is 0 Å². The first-order valence-corrected chi connectivity index (χ1v) is 10.5. The van der Waals surface area contributed by atoms with Crippen molar-refractivity contribution in [3.05, 3.63) is 34.6 Å². The van der Waals surface area contributed by atoms with Crippen molar-refractivity contribution in [2.24, 2.45) is 0 Å². The molecule has 4 rings (SSSR count). The first-order chi connectivity index (χ1) is 14.1. The van der Waals surface area contributed by atoms with Crippen LogP contribution >= 0.6 is 11.8 Å². The average molecular weight is 414 g/mol. The first-order valence-electron chi connectivity index (χ1n) is 9.56. The molecule has 1 fully saturated rings. The van der Waals surface area contributed by atoms with Gasteiger partial charge in [-0.1, -0.05) is 31.0 Å². The van der Waals surface area contributed by atoms with E-state index in [-0.39, 0.29) is 34.7 Å². The van der Waals surface area contributed by atoms with Crippen LogP contribution in [0.1, 0.15) is 32.1 Å². The number of amides is 1. The highest BCUT2D eigenvalue weighted by Gasteiger charge is 2.18. The highest BCUT2D eigenvalue weighted by molar-refractivity contribution is 7.99. The number of aromatic nitrogens is 5. The van der Waals surface area contributed by atoms with E-state index in [4.69, 9.17) is 4.74 Å². The van der Waals surface area contributed by atoms with Crippen molar-refractivity contribution in [1.82, 2.24) is 30.1 Å². The summed E-state index contributed by atoms with van der Waals surface area (Å²) in [5.41, 5.74) is 0.531. The lowest BCUT2D eigenvalue weighted by Crippen LogP contribution is -2.37. The molecular weight excluding hydrogens is 392 g/mol. The number of H-pyrrole nitrogens is 1. The molecule has 1 saturated carbocycles. The van der Waals surface area contributed by atoms with Gasteiger partial charge < -0.3 is 10.1 Å². The van der Waals surface area contributed by atoms with Crippen LogP contribution < -0.4 is 15.6 Å². The van der Waals surface area contributed by atoms with Gasteiger partial charge in [0.15, 0.2) is 5.69 Å². The lowest BCUT2D eigenvalue weighted by molar-refractivity contribution is -0.119. The molecule has 0 atom stereocenters. The molecular formula is C19H22N6O3S. The number of fused-ring (bicyclic) bond motifs is 1. The molecule has 0 saturated heterocycles. The molecule has 2 heterocycles. The van der Waals surface area contributed by atoms with Gasteiger partial charge in [-0.25, -0.2) is 0 Å². The largest absolute Gasteiger partial charge is 0.497 e. The molecule has 1 amide bonds. The summed E-state index contributed by atoms with van der Waals surface area (Å²) in [6, 6.07) is 7.31. The van der Waals surface area contributed by atoms with Gasteiger partial charge in [-0.2, -0.15) is 9.61 Å². The van der Waals surface area contributed by atoms with E-state index in [0.29, 0.717) is 16.5 Å². The first kappa shape index (κ1) is 19.4. The van der Waals surface area contributed by atoms with Crippen LogP contribution in [0.3, 0.4) is 0 Å². The third-order valence-electron chi connectivity index (χ3n) is 4.92. The number of ether oxygens (including phenoxy) is 1. The van der Waals surface area contributed by atoms with Crippen molar-refractivity contribution in [3.8, 4) is 17.0 Å². The molecule has 1 aliphatic rings. The third-order valence-corrected chi connectivity index (χ3v) is 5.84. The summed E-state index contributed by atoms with van der Waals surface area (Å²) >= 11 is 1.24.